The third-order valence-electron chi connectivity index (χ3n) is 4.81. The van der Waals surface area contributed by atoms with Gasteiger partial charge in [0.25, 0.3) is 10.0 Å². The van der Waals surface area contributed by atoms with Gasteiger partial charge in [-0.25, -0.2) is 12.7 Å². The number of sulfonamides is 1. The molecule has 1 saturated heterocycles. The number of halogens is 1. The van der Waals surface area contributed by atoms with E-state index in [0.717, 1.165) is 14.7 Å². The van der Waals surface area contributed by atoms with E-state index in [9.17, 15) is 8.42 Å². The summed E-state index contributed by atoms with van der Waals surface area (Å²) in [6, 6.07) is 3.59. The number of guanidine groups is 1. The SMILES string of the molecule is CC[C@]1(c2sc(-c3cncc(OC)c3)cc2Cl)NC(=N)N(C)S(=O)(=O)C1OC. The van der Waals surface area contributed by atoms with Gasteiger partial charge in [-0.1, -0.05) is 18.5 Å². The van der Waals surface area contributed by atoms with Crippen LogP contribution in [0.4, 0.5) is 0 Å². The summed E-state index contributed by atoms with van der Waals surface area (Å²) in [4.78, 5) is 5.55. The zero-order valence-electron chi connectivity index (χ0n) is 15.8. The zero-order valence-corrected chi connectivity index (χ0v) is 18.2. The smallest absolute Gasteiger partial charge is 0.267 e. The number of nitrogens with zero attached hydrogens (tertiary/aromatic N) is 2. The fourth-order valence-electron chi connectivity index (χ4n) is 3.26. The number of nitrogens with one attached hydrogen (secondary N) is 2. The summed E-state index contributed by atoms with van der Waals surface area (Å²) in [6.45, 7) is 1.83. The highest BCUT2D eigenvalue weighted by atomic mass is 35.5. The van der Waals surface area contributed by atoms with Crippen LogP contribution in [0.1, 0.15) is 18.2 Å². The molecule has 0 aromatic carbocycles. The molecule has 2 N–H and O–H groups in total. The second kappa shape index (κ2) is 7.51. The molecule has 152 valence electrons. The van der Waals surface area contributed by atoms with Gasteiger partial charge in [0.2, 0.25) is 11.4 Å². The summed E-state index contributed by atoms with van der Waals surface area (Å²) in [5.74, 6) is 0.370. The van der Waals surface area contributed by atoms with Gasteiger partial charge >= 0.3 is 0 Å². The first-order chi connectivity index (χ1) is 13.2. The maximum atomic E-state index is 12.9. The minimum atomic E-state index is -3.91. The lowest BCUT2D eigenvalue weighted by Gasteiger charge is -2.46. The third-order valence-corrected chi connectivity index (χ3v) is 8.66. The summed E-state index contributed by atoms with van der Waals surface area (Å²) in [6.07, 6.45) is 3.62. The summed E-state index contributed by atoms with van der Waals surface area (Å²) in [5.41, 5.74) is -1.64. The highest BCUT2D eigenvalue weighted by molar-refractivity contribution is 7.90. The lowest BCUT2D eigenvalue weighted by atomic mass is 9.94. The van der Waals surface area contributed by atoms with Crippen molar-refractivity contribution in [1.82, 2.24) is 14.6 Å². The molecule has 3 heterocycles. The van der Waals surface area contributed by atoms with Crippen LogP contribution < -0.4 is 10.1 Å². The highest BCUT2D eigenvalue weighted by Gasteiger charge is 2.55. The van der Waals surface area contributed by atoms with Crippen LogP contribution in [0, 0.1) is 5.41 Å². The Morgan fingerprint density at radius 2 is 2.11 bits per heavy atom. The van der Waals surface area contributed by atoms with Crippen molar-refractivity contribution in [3.05, 3.63) is 34.4 Å². The third kappa shape index (κ3) is 3.14. The van der Waals surface area contributed by atoms with Gasteiger partial charge in [-0.3, -0.25) is 10.4 Å². The first kappa shape index (κ1) is 20.8. The molecule has 11 heteroatoms. The van der Waals surface area contributed by atoms with E-state index >= 15 is 0 Å². The first-order valence-electron chi connectivity index (χ1n) is 8.37. The Balaban J connectivity index is 2.17. The highest BCUT2D eigenvalue weighted by Crippen LogP contribution is 2.47. The number of methoxy groups -OCH3 is 2. The Labute approximate surface area is 173 Å². The molecule has 1 fully saturated rings. The Morgan fingerprint density at radius 1 is 1.39 bits per heavy atom. The molecule has 1 aliphatic heterocycles. The number of hydrogen-bond acceptors (Lipinski definition) is 7. The monoisotopic (exact) mass is 444 g/mol. The van der Waals surface area contributed by atoms with Crippen LogP contribution in [0.5, 0.6) is 5.75 Å². The number of ether oxygens (including phenoxy) is 2. The van der Waals surface area contributed by atoms with Crippen molar-refractivity contribution in [3.8, 4) is 16.2 Å². The number of hydrogen-bond donors (Lipinski definition) is 2. The number of aromatic nitrogens is 1. The average Bonchev–Trinajstić information content (AvgIpc) is 3.08. The average molecular weight is 445 g/mol. The second-order valence-corrected chi connectivity index (χ2v) is 9.74. The first-order valence-corrected chi connectivity index (χ1v) is 11.1. The Morgan fingerprint density at radius 3 is 2.71 bits per heavy atom. The molecule has 8 nitrogen and oxygen atoms in total. The Hall–Kier alpha value is -1.88. The Kier molecular flexibility index (Phi) is 5.59. The van der Waals surface area contributed by atoms with Crippen molar-refractivity contribution in [2.45, 2.75) is 24.3 Å². The van der Waals surface area contributed by atoms with E-state index in [1.807, 2.05) is 13.0 Å². The van der Waals surface area contributed by atoms with Crippen LogP contribution in [0.15, 0.2) is 24.5 Å². The molecule has 28 heavy (non-hydrogen) atoms. The van der Waals surface area contributed by atoms with E-state index in [-0.39, 0.29) is 5.96 Å². The molecule has 2 atom stereocenters. The molecular formula is C17H21ClN4O4S2. The minimum Gasteiger partial charge on any atom is -0.495 e. The standard InChI is InChI=1S/C17H21ClN4O4S2/c1-5-17(15(26-4)28(23,24)22(2)16(19)21-17)14-12(18)7-13(27-14)10-6-11(25-3)9-20-8-10/h6-9,15H,5H2,1-4H3,(H2,19,21)/t15?,17-/m1/s1. The molecule has 0 saturated carbocycles. The van der Waals surface area contributed by atoms with Crippen molar-refractivity contribution in [2.24, 2.45) is 0 Å². The van der Waals surface area contributed by atoms with Gasteiger partial charge in [-0.15, -0.1) is 11.3 Å². The summed E-state index contributed by atoms with van der Waals surface area (Å²) < 4.78 is 37.4. The van der Waals surface area contributed by atoms with Gasteiger partial charge in [0.1, 0.15) is 11.3 Å². The summed E-state index contributed by atoms with van der Waals surface area (Å²) in [7, 11) is 0.303. The van der Waals surface area contributed by atoms with Crippen molar-refractivity contribution >= 4 is 38.9 Å². The zero-order chi connectivity index (χ0) is 20.7. The molecule has 0 aliphatic carbocycles. The minimum absolute atomic E-state index is 0.232. The van der Waals surface area contributed by atoms with Crippen LogP contribution >= 0.6 is 22.9 Å². The largest absolute Gasteiger partial charge is 0.495 e. The molecule has 2 aromatic rings. The predicted molar refractivity (Wildman–Crippen MR) is 109 cm³/mol. The van der Waals surface area contributed by atoms with Crippen molar-refractivity contribution in [3.63, 3.8) is 0 Å². The molecule has 0 amide bonds. The molecule has 0 radical (unpaired) electrons. The molecule has 1 unspecified atom stereocenters. The topological polar surface area (TPSA) is 105 Å². The second-order valence-electron chi connectivity index (χ2n) is 6.28. The van der Waals surface area contributed by atoms with Crippen molar-refractivity contribution in [2.75, 3.05) is 21.3 Å². The lowest BCUT2D eigenvalue weighted by molar-refractivity contribution is 0.0708. The normalized spacial score (nSPS) is 24.1. The number of pyridine rings is 1. The maximum absolute atomic E-state index is 12.9. The van der Waals surface area contributed by atoms with Crippen molar-refractivity contribution < 1.29 is 17.9 Å². The van der Waals surface area contributed by atoms with Crippen molar-refractivity contribution in [1.29, 1.82) is 5.41 Å². The van der Waals surface area contributed by atoms with E-state index < -0.39 is 21.0 Å². The number of thiophene rings is 1. The van der Waals surface area contributed by atoms with E-state index in [4.69, 9.17) is 26.5 Å². The predicted octanol–water partition coefficient (Wildman–Crippen LogP) is 2.85. The van der Waals surface area contributed by atoms with E-state index in [1.165, 1.54) is 25.5 Å². The van der Waals surface area contributed by atoms with Crippen LogP contribution in [-0.2, 0) is 20.3 Å². The summed E-state index contributed by atoms with van der Waals surface area (Å²) >= 11 is 7.89. The molecule has 0 spiro atoms. The van der Waals surface area contributed by atoms with Gasteiger partial charge in [0, 0.05) is 30.8 Å². The fourth-order valence-corrected chi connectivity index (χ4v) is 6.74. The van der Waals surface area contributed by atoms with Crippen LogP contribution in [0.25, 0.3) is 10.4 Å². The molecule has 3 rings (SSSR count). The van der Waals surface area contributed by atoms with Gasteiger partial charge in [0.15, 0.2) is 0 Å². The van der Waals surface area contributed by atoms with Crippen LogP contribution in [0.3, 0.4) is 0 Å². The van der Waals surface area contributed by atoms with Gasteiger partial charge in [0.05, 0.1) is 23.2 Å². The van der Waals surface area contributed by atoms with Gasteiger partial charge < -0.3 is 14.8 Å². The molecular weight excluding hydrogens is 424 g/mol. The summed E-state index contributed by atoms with van der Waals surface area (Å²) in [5, 5.41) is 11.5. The van der Waals surface area contributed by atoms with Crippen LogP contribution in [0.2, 0.25) is 5.02 Å². The van der Waals surface area contributed by atoms with Gasteiger partial charge in [-0.2, -0.15) is 0 Å². The van der Waals surface area contributed by atoms with E-state index in [1.54, 1.807) is 25.6 Å². The molecule has 0 bridgehead atoms. The van der Waals surface area contributed by atoms with E-state index in [0.29, 0.717) is 22.1 Å². The van der Waals surface area contributed by atoms with E-state index in [2.05, 4.69) is 10.3 Å². The Bertz CT molecular complexity index is 1010. The molecule has 1 aliphatic rings. The lowest BCUT2D eigenvalue weighted by Crippen LogP contribution is -2.67. The molecule has 2 aromatic heterocycles. The maximum Gasteiger partial charge on any atom is 0.267 e. The quantitative estimate of drug-likeness (QED) is 0.734. The fraction of sp³-hybridized carbons (Fsp3) is 0.412. The van der Waals surface area contributed by atoms with Crippen LogP contribution in [-0.4, -0.2) is 50.4 Å². The van der Waals surface area contributed by atoms with Gasteiger partial charge in [-0.05, 0) is 18.6 Å². The number of rotatable bonds is 5.